The first-order chi connectivity index (χ1) is 12.6. The van der Waals surface area contributed by atoms with Crippen molar-refractivity contribution < 1.29 is 17.9 Å². The average Bonchev–Trinajstić information content (AvgIpc) is 3.21. The molecule has 0 atom stereocenters. The van der Waals surface area contributed by atoms with Gasteiger partial charge in [0.2, 0.25) is 0 Å². The summed E-state index contributed by atoms with van der Waals surface area (Å²) in [6.45, 7) is 2.50. The molecule has 7 nitrogen and oxygen atoms in total. The summed E-state index contributed by atoms with van der Waals surface area (Å²) in [5, 5.41) is 4.25. The van der Waals surface area contributed by atoms with Crippen molar-refractivity contribution in [3.05, 3.63) is 31.3 Å². The van der Waals surface area contributed by atoms with Gasteiger partial charge in [0.25, 0.3) is 5.56 Å². The van der Waals surface area contributed by atoms with E-state index in [0.717, 1.165) is 11.3 Å². The van der Waals surface area contributed by atoms with Crippen LogP contribution in [0.1, 0.15) is 30.2 Å². The summed E-state index contributed by atoms with van der Waals surface area (Å²) in [5.74, 6) is 0. The van der Waals surface area contributed by atoms with Crippen LogP contribution in [0.5, 0.6) is 0 Å². The number of aryl methyl sites for hydroxylation is 1. The summed E-state index contributed by atoms with van der Waals surface area (Å²) in [6.07, 6.45) is -1.92. The lowest BCUT2D eigenvalue weighted by molar-refractivity contribution is -0.325. The second kappa shape index (κ2) is 6.79. The second-order valence-electron chi connectivity index (χ2n) is 6.62. The van der Waals surface area contributed by atoms with Gasteiger partial charge in [-0.25, -0.2) is 4.79 Å². The van der Waals surface area contributed by atoms with Crippen LogP contribution in [0.4, 0.5) is 13.2 Å². The molecule has 148 valence electrons. The molecule has 1 aliphatic carbocycles. The van der Waals surface area contributed by atoms with Gasteiger partial charge in [0.05, 0.1) is 35.2 Å². The van der Waals surface area contributed by atoms with Gasteiger partial charge in [-0.1, -0.05) is 0 Å². The van der Waals surface area contributed by atoms with Crippen molar-refractivity contribution in [2.75, 3.05) is 13.7 Å². The first-order valence-electron chi connectivity index (χ1n) is 8.29. The van der Waals surface area contributed by atoms with Crippen molar-refractivity contribution in [1.29, 1.82) is 0 Å². The summed E-state index contributed by atoms with van der Waals surface area (Å²) in [5.41, 5.74) is 1.62. The molecule has 0 bridgehead atoms. The number of hydrogen-bond donors (Lipinski definition) is 1. The van der Waals surface area contributed by atoms with E-state index in [1.54, 1.807) is 20.9 Å². The minimum Gasteiger partial charge on any atom is -0.313 e. The predicted molar refractivity (Wildman–Crippen MR) is 96.6 cm³/mol. The van der Waals surface area contributed by atoms with Crippen molar-refractivity contribution in [2.24, 2.45) is 5.10 Å². The third kappa shape index (κ3) is 3.65. The molecular weight excluding hydrogens is 385 g/mol. The zero-order chi connectivity index (χ0) is 20.0. The molecule has 1 aliphatic rings. The van der Waals surface area contributed by atoms with E-state index < -0.39 is 29.8 Å². The second-order valence-corrected chi connectivity index (χ2v) is 7.65. The Morgan fingerprint density at radius 1 is 1.37 bits per heavy atom. The van der Waals surface area contributed by atoms with Crippen LogP contribution >= 0.6 is 11.3 Å². The summed E-state index contributed by atoms with van der Waals surface area (Å²) in [4.78, 5) is 26.9. The maximum absolute atomic E-state index is 13.0. The van der Waals surface area contributed by atoms with Crippen molar-refractivity contribution in [1.82, 2.24) is 14.6 Å². The van der Waals surface area contributed by atoms with Crippen LogP contribution in [0, 0.1) is 6.92 Å². The fourth-order valence-electron chi connectivity index (χ4n) is 2.94. The molecule has 27 heavy (non-hydrogen) atoms. The molecular formula is C16H19F3N4O3S. The lowest BCUT2D eigenvalue weighted by atomic mass is 10.2. The topological polar surface area (TPSA) is 77.6 Å². The number of thiophene rings is 1. The van der Waals surface area contributed by atoms with Gasteiger partial charge in [0.1, 0.15) is 4.83 Å². The van der Waals surface area contributed by atoms with E-state index >= 15 is 0 Å². The fourth-order valence-corrected chi connectivity index (χ4v) is 4.13. The molecule has 0 amide bonds. The van der Waals surface area contributed by atoms with Gasteiger partial charge in [-0.2, -0.15) is 5.10 Å². The molecule has 0 radical (unpaired) electrons. The Hall–Kier alpha value is -2.14. The largest absolute Gasteiger partial charge is 0.522 e. The van der Waals surface area contributed by atoms with Crippen LogP contribution < -0.4 is 16.7 Å². The highest BCUT2D eigenvalue weighted by Gasteiger charge is 2.43. The van der Waals surface area contributed by atoms with E-state index in [0.29, 0.717) is 33.5 Å². The summed E-state index contributed by atoms with van der Waals surface area (Å²) in [7, 11) is 1.62. The van der Waals surface area contributed by atoms with Gasteiger partial charge in [0.15, 0.2) is 0 Å². The maximum Gasteiger partial charge on any atom is 0.522 e. The third-order valence-electron chi connectivity index (χ3n) is 4.65. The molecule has 2 heterocycles. The zero-order valence-electron chi connectivity index (χ0n) is 15.0. The van der Waals surface area contributed by atoms with Crippen LogP contribution in [-0.2, 0) is 16.8 Å². The van der Waals surface area contributed by atoms with Gasteiger partial charge in [0, 0.05) is 7.05 Å². The standard InChI is InChI=1S/C16H19F3N4O3S/c1-9-10(8-21-20-3)27-13-11(9)12(24)23(15(2)4-5-15)14(25)22(13)6-7-26-16(17,18)19/h8,20H,4-7H2,1-3H3/b21-8+. The molecule has 2 aromatic heterocycles. The molecule has 3 rings (SSSR count). The van der Waals surface area contributed by atoms with Crippen molar-refractivity contribution in [2.45, 2.75) is 45.1 Å². The Morgan fingerprint density at radius 2 is 2.04 bits per heavy atom. The van der Waals surface area contributed by atoms with Crippen LogP contribution in [0.3, 0.4) is 0 Å². The Bertz CT molecular complexity index is 1020. The van der Waals surface area contributed by atoms with Crippen LogP contribution in [0.2, 0.25) is 0 Å². The van der Waals surface area contributed by atoms with Crippen molar-refractivity contribution >= 4 is 27.8 Å². The molecule has 0 aromatic carbocycles. The summed E-state index contributed by atoms with van der Waals surface area (Å²) < 4.78 is 43.2. The fraction of sp³-hybridized carbons (Fsp3) is 0.562. The van der Waals surface area contributed by atoms with E-state index in [9.17, 15) is 22.8 Å². The van der Waals surface area contributed by atoms with E-state index in [2.05, 4.69) is 15.3 Å². The SMILES string of the molecule is CN/N=C/c1sc2c(c1C)c(=O)n(C1(C)CC1)c(=O)n2CCOC(F)(F)F. The Balaban J connectivity index is 2.20. The molecule has 0 aliphatic heterocycles. The van der Waals surface area contributed by atoms with E-state index in [1.165, 1.54) is 15.3 Å². The van der Waals surface area contributed by atoms with E-state index in [1.807, 2.05) is 0 Å². The van der Waals surface area contributed by atoms with Crippen LogP contribution in [0.15, 0.2) is 14.7 Å². The highest BCUT2D eigenvalue weighted by Crippen LogP contribution is 2.41. The Labute approximate surface area is 156 Å². The Morgan fingerprint density at radius 3 is 2.59 bits per heavy atom. The number of aromatic nitrogens is 2. The predicted octanol–water partition coefficient (Wildman–Crippen LogP) is 2.13. The molecule has 1 fully saturated rings. The first-order valence-corrected chi connectivity index (χ1v) is 9.10. The smallest absolute Gasteiger partial charge is 0.313 e. The first kappa shape index (κ1) is 19.6. The number of ether oxygens (including phenoxy) is 1. The number of halogens is 3. The number of hydrogen-bond acceptors (Lipinski definition) is 6. The van der Waals surface area contributed by atoms with Gasteiger partial charge >= 0.3 is 12.1 Å². The van der Waals surface area contributed by atoms with Crippen LogP contribution in [0.25, 0.3) is 10.2 Å². The number of nitrogens with zero attached hydrogens (tertiary/aromatic N) is 3. The van der Waals surface area contributed by atoms with E-state index in [4.69, 9.17) is 0 Å². The molecule has 0 saturated heterocycles. The molecule has 2 aromatic rings. The lowest BCUT2D eigenvalue weighted by Crippen LogP contribution is -2.45. The van der Waals surface area contributed by atoms with Gasteiger partial charge < -0.3 is 5.43 Å². The highest BCUT2D eigenvalue weighted by molar-refractivity contribution is 7.20. The van der Waals surface area contributed by atoms with Crippen molar-refractivity contribution in [3.63, 3.8) is 0 Å². The molecule has 1 N–H and O–H groups in total. The van der Waals surface area contributed by atoms with Gasteiger partial charge in [-0.3, -0.25) is 18.7 Å². The van der Waals surface area contributed by atoms with Gasteiger partial charge in [-0.05, 0) is 32.3 Å². The molecule has 11 heteroatoms. The van der Waals surface area contributed by atoms with E-state index in [-0.39, 0.29) is 6.54 Å². The average molecular weight is 404 g/mol. The number of rotatable bonds is 6. The maximum atomic E-state index is 13.0. The normalized spacial score (nSPS) is 16.4. The Kier molecular flexibility index (Phi) is 4.93. The minimum absolute atomic E-state index is 0.312. The number of alkyl halides is 3. The summed E-state index contributed by atoms with van der Waals surface area (Å²) >= 11 is 1.14. The van der Waals surface area contributed by atoms with Crippen molar-refractivity contribution in [3.8, 4) is 0 Å². The van der Waals surface area contributed by atoms with Crippen LogP contribution in [-0.4, -0.2) is 35.4 Å². The zero-order valence-corrected chi connectivity index (χ0v) is 15.8. The number of hydrazone groups is 1. The third-order valence-corrected chi connectivity index (χ3v) is 5.90. The number of nitrogens with one attached hydrogen (secondary N) is 1. The molecule has 0 unspecified atom stereocenters. The highest BCUT2D eigenvalue weighted by atomic mass is 32.1. The monoisotopic (exact) mass is 404 g/mol. The number of fused-ring (bicyclic) bond motifs is 1. The lowest BCUT2D eigenvalue weighted by Gasteiger charge is -2.17. The quantitative estimate of drug-likeness (QED) is 0.591. The van der Waals surface area contributed by atoms with Gasteiger partial charge in [-0.15, -0.1) is 24.5 Å². The molecule has 0 spiro atoms. The summed E-state index contributed by atoms with van der Waals surface area (Å²) in [6, 6.07) is 0. The minimum atomic E-state index is -4.78. The molecule has 1 saturated carbocycles.